The summed E-state index contributed by atoms with van der Waals surface area (Å²) < 4.78 is 19.1. The maximum atomic E-state index is 13.2. The fraction of sp³-hybridized carbons (Fsp3) is 0. The number of para-hydroxylation sites is 1. The molecule has 0 unspecified atom stereocenters. The van der Waals surface area contributed by atoms with Gasteiger partial charge < -0.3 is 4.42 Å². The van der Waals surface area contributed by atoms with Crippen LogP contribution in [0.3, 0.4) is 0 Å². The van der Waals surface area contributed by atoms with Crippen LogP contribution >= 0.6 is 0 Å². The summed E-state index contributed by atoms with van der Waals surface area (Å²) in [6.07, 6.45) is 0. The Hall–Kier alpha value is -4.17. The second-order valence-electron chi connectivity index (χ2n) is 7.97. The topological polar surface area (TPSA) is 13.1 Å². The molecular weight excluding hydrogens is 395 g/mol. The number of benzene rings is 5. The summed E-state index contributed by atoms with van der Waals surface area (Å²) in [4.78, 5) is 0. The Morgan fingerprint density at radius 3 is 1.44 bits per heavy atom. The maximum absolute atomic E-state index is 13.2. The van der Waals surface area contributed by atoms with E-state index in [1.54, 1.807) is 12.1 Å². The predicted molar refractivity (Wildman–Crippen MR) is 130 cm³/mol. The van der Waals surface area contributed by atoms with Crippen molar-refractivity contribution in [3.05, 3.63) is 121 Å². The van der Waals surface area contributed by atoms with Crippen LogP contribution in [0, 0.1) is 5.82 Å². The molecule has 0 amide bonds. The van der Waals surface area contributed by atoms with E-state index in [1.807, 2.05) is 24.3 Å². The van der Waals surface area contributed by atoms with E-state index in [0.29, 0.717) is 0 Å². The van der Waals surface area contributed by atoms with E-state index in [9.17, 15) is 4.39 Å². The molecule has 0 bridgehead atoms. The van der Waals surface area contributed by atoms with Gasteiger partial charge in [0.1, 0.15) is 17.0 Å². The summed E-state index contributed by atoms with van der Waals surface area (Å²) in [5.74, 6) is -0.217. The molecule has 32 heavy (non-hydrogen) atoms. The number of fused-ring (bicyclic) bond motifs is 3. The lowest BCUT2D eigenvalue weighted by molar-refractivity contribution is 0.628. The van der Waals surface area contributed by atoms with E-state index >= 15 is 0 Å². The van der Waals surface area contributed by atoms with Crippen molar-refractivity contribution in [1.29, 1.82) is 0 Å². The van der Waals surface area contributed by atoms with Crippen molar-refractivity contribution in [2.24, 2.45) is 0 Å². The van der Waals surface area contributed by atoms with E-state index in [4.69, 9.17) is 4.42 Å². The first-order chi connectivity index (χ1) is 15.7. The van der Waals surface area contributed by atoms with Crippen molar-refractivity contribution in [2.75, 3.05) is 0 Å². The van der Waals surface area contributed by atoms with Gasteiger partial charge in [-0.3, -0.25) is 0 Å². The Kier molecular flexibility index (Phi) is 4.36. The van der Waals surface area contributed by atoms with Crippen molar-refractivity contribution in [2.45, 2.75) is 0 Å². The Morgan fingerprint density at radius 1 is 0.406 bits per heavy atom. The van der Waals surface area contributed by atoms with Crippen LogP contribution in [-0.4, -0.2) is 0 Å². The van der Waals surface area contributed by atoms with Crippen LogP contribution < -0.4 is 0 Å². The Labute approximate surface area is 185 Å². The lowest BCUT2D eigenvalue weighted by atomic mass is 9.97. The Balaban J connectivity index is 1.30. The van der Waals surface area contributed by atoms with Crippen molar-refractivity contribution < 1.29 is 8.81 Å². The molecule has 0 fully saturated rings. The van der Waals surface area contributed by atoms with E-state index < -0.39 is 0 Å². The molecule has 2 heteroatoms. The van der Waals surface area contributed by atoms with Gasteiger partial charge in [-0.25, -0.2) is 4.39 Å². The molecule has 152 valence electrons. The van der Waals surface area contributed by atoms with Crippen molar-refractivity contribution in [3.8, 4) is 33.4 Å². The SMILES string of the molecule is Fc1ccc(-c2ccc(-c3ccc(-c4ccc5oc6ccccc6c5c4)cc3)cc2)cc1. The van der Waals surface area contributed by atoms with Crippen molar-refractivity contribution >= 4 is 21.9 Å². The molecule has 0 saturated heterocycles. The van der Waals surface area contributed by atoms with Gasteiger partial charge in [-0.15, -0.1) is 0 Å². The largest absolute Gasteiger partial charge is 0.456 e. The highest BCUT2D eigenvalue weighted by Gasteiger charge is 2.08. The maximum Gasteiger partial charge on any atom is 0.135 e. The van der Waals surface area contributed by atoms with Gasteiger partial charge >= 0.3 is 0 Å². The fourth-order valence-electron chi connectivity index (χ4n) is 4.26. The molecule has 1 aromatic heterocycles. The molecule has 0 spiro atoms. The third kappa shape index (κ3) is 3.27. The van der Waals surface area contributed by atoms with Gasteiger partial charge in [0, 0.05) is 10.8 Å². The molecule has 0 atom stereocenters. The molecule has 1 heterocycles. The monoisotopic (exact) mass is 414 g/mol. The lowest BCUT2D eigenvalue weighted by Crippen LogP contribution is -1.82. The highest BCUT2D eigenvalue weighted by molar-refractivity contribution is 6.06. The first kappa shape index (κ1) is 18.6. The highest BCUT2D eigenvalue weighted by atomic mass is 19.1. The summed E-state index contributed by atoms with van der Waals surface area (Å²) in [5, 5.41) is 2.28. The number of hydrogen-bond acceptors (Lipinski definition) is 1. The molecule has 0 saturated carbocycles. The smallest absolute Gasteiger partial charge is 0.135 e. The van der Waals surface area contributed by atoms with Gasteiger partial charge in [0.25, 0.3) is 0 Å². The van der Waals surface area contributed by atoms with Gasteiger partial charge in [-0.2, -0.15) is 0 Å². The van der Waals surface area contributed by atoms with Crippen LogP contribution in [0.5, 0.6) is 0 Å². The third-order valence-corrected chi connectivity index (χ3v) is 5.99. The summed E-state index contributed by atoms with van der Waals surface area (Å²) in [5.41, 5.74) is 8.56. The number of rotatable bonds is 3. The first-order valence-corrected chi connectivity index (χ1v) is 10.6. The second-order valence-corrected chi connectivity index (χ2v) is 7.97. The molecule has 6 aromatic rings. The van der Waals surface area contributed by atoms with Crippen molar-refractivity contribution in [3.63, 3.8) is 0 Å². The number of furan rings is 1. The normalized spacial score (nSPS) is 11.3. The van der Waals surface area contributed by atoms with Crippen LogP contribution in [-0.2, 0) is 0 Å². The Bertz CT molecular complexity index is 1540. The quantitative estimate of drug-likeness (QED) is 0.282. The molecule has 0 aliphatic carbocycles. The fourth-order valence-corrected chi connectivity index (χ4v) is 4.26. The zero-order valence-electron chi connectivity index (χ0n) is 17.3. The average molecular weight is 414 g/mol. The number of halogens is 1. The molecule has 1 nitrogen and oxygen atoms in total. The molecule has 0 aliphatic heterocycles. The van der Waals surface area contributed by atoms with Gasteiger partial charge in [0.2, 0.25) is 0 Å². The Morgan fingerprint density at radius 2 is 0.844 bits per heavy atom. The van der Waals surface area contributed by atoms with Gasteiger partial charge in [-0.1, -0.05) is 84.9 Å². The van der Waals surface area contributed by atoms with Crippen LogP contribution in [0.15, 0.2) is 120 Å². The molecular formula is C30H19FO. The van der Waals surface area contributed by atoms with E-state index in [-0.39, 0.29) is 5.82 Å². The van der Waals surface area contributed by atoms with E-state index in [2.05, 4.69) is 66.7 Å². The van der Waals surface area contributed by atoms with Crippen LogP contribution in [0.25, 0.3) is 55.3 Å². The molecule has 0 aliphatic rings. The summed E-state index contributed by atoms with van der Waals surface area (Å²) >= 11 is 0. The van der Waals surface area contributed by atoms with Crippen LogP contribution in [0.1, 0.15) is 0 Å². The van der Waals surface area contributed by atoms with E-state index in [0.717, 1.165) is 44.2 Å². The highest BCUT2D eigenvalue weighted by Crippen LogP contribution is 2.33. The summed E-state index contributed by atoms with van der Waals surface area (Å²) in [6.45, 7) is 0. The molecule has 6 rings (SSSR count). The molecule has 5 aromatic carbocycles. The average Bonchev–Trinajstić information content (AvgIpc) is 3.23. The third-order valence-electron chi connectivity index (χ3n) is 5.99. The lowest BCUT2D eigenvalue weighted by Gasteiger charge is -2.07. The zero-order valence-corrected chi connectivity index (χ0v) is 17.3. The van der Waals surface area contributed by atoms with Crippen LogP contribution in [0.2, 0.25) is 0 Å². The zero-order chi connectivity index (χ0) is 21.5. The van der Waals surface area contributed by atoms with Crippen LogP contribution in [0.4, 0.5) is 4.39 Å². The summed E-state index contributed by atoms with van der Waals surface area (Å²) in [7, 11) is 0. The molecule has 0 radical (unpaired) electrons. The minimum atomic E-state index is -0.217. The van der Waals surface area contributed by atoms with Crippen molar-refractivity contribution in [1.82, 2.24) is 0 Å². The molecule has 0 N–H and O–H groups in total. The standard InChI is InChI=1S/C30H19FO/c31-26-16-13-23(14-17-26)22-7-5-20(6-8-22)21-9-11-24(12-10-21)25-15-18-30-28(19-25)27-3-1-2-4-29(27)32-30/h1-19H. The summed E-state index contributed by atoms with van der Waals surface area (Å²) in [6, 6.07) is 38.1. The first-order valence-electron chi connectivity index (χ1n) is 10.6. The van der Waals surface area contributed by atoms with Gasteiger partial charge in [-0.05, 0) is 63.7 Å². The minimum Gasteiger partial charge on any atom is -0.456 e. The van der Waals surface area contributed by atoms with E-state index in [1.165, 1.54) is 23.3 Å². The van der Waals surface area contributed by atoms with Gasteiger partial charge in [0.05, 0.1) is 0 Å². The predicted octanol–water partition coefficient (Wildman–Crippen LogP) is 8.73. The second kappa shape index (κ2) is 7.51. The van der Waals surface area contributed by atoms with Gasteiger partial charge in [0.15, 0.2) is 0 Å². The minimum absolute atomic E-state index is 0.217. The number of hydrogen-bond donors (Lipinski definition) is 0.